The summed E-state index contributed by atoms with van der Waals surface area (Å²) in [4.78, 5) is 31.5. The summed E-state index contributed by atoms with van der Waals surface area (Å²) in [5.74, 6) is -1.08. The van der Waals surface area contributed by atoms with Crippen LogP contribution in [0.15, 0.2) is 29.3 Å². The van der Waals surface area contributed by atoms with E-state index in [9.17, 15) is 9.59 Å². The number of imidazole rings is 2. The molecule has 0 amide bonds. The minimum Gasteiger partial charge on any atom is -0.476 e. The first-order valence-corrected chi connectivity index (χ1v) is 5.53. The summed E-state index contributed by atoms with van der Waals surface area (Å²) < 4.78 is 1.63. The number of benzene rings is 1. The molecule has 0 saturated heterocycles. The Morgan fingerprint density at radius 3 is 2.79 bits per heavy atom. The number of nitrogens with one attached hydrogen (secondary N) is 2. The second-order valence-electron chi connectivity index (χ2n) is 4.20. The molecule has 0 fully saturated rings. The van der Waals surface area contributed by atoms with Crippen molar-refractivity contribution in [3.05, 3.63) is 40.7 Å². The van der Waals surface area contributed by atoms with E-state index >= 15 is 0 Å². The maximum atomic E-state index is 11.2. The number of aromatic nitrogens is 4. The predicted octanol–water partition coefficient (Wildman–Crippen LogP) is 0.955. The zero-order valence-electron chi connectivity index (χ0n) is 9.97. The third kappa shape index (κ3) is 1.71. The average molecular weight is 258 g/mol. The molecule has 3 N–H and O–H groups in total. The fourth-order valence-electron chi connectivity index (χ4n) is 2.11. The van der Waals surface area contributed by atoms with Gasteiger partial charge in [-0.15, -0.1) is 0 Å². The number of rotatable bonds is 2. The second-order valence-corrected chi connectivity index (χ2v) is 4.20. The van der Waals surface area contributed by atoms with Crippen molar-refractivity contribution >= 4 is 17.0 Å². The zero-order valence-corrected chi connectivity index (χ0v) is 9.97. The number of nitrogens with zero attached hydrogens (tertiary/aromatic N) is 2. The molecule has 0 aliphatic heterocycles. The molecule has 0 bridgehead atoms. The van der Waals surface area contributed by atoms with E-state index < -0.39 is 5.97 Å². The Labute approximate surface area is 106 Å². The number of hydrogen-bond donors (Lipinski definition) is 3. The van der Waals surface area contributed by atoms with E-state index in [2.05, 4.69) is 15.0 Å². The van der Waals surface area contributed by atoms with Crippen molar-refractivity contribution in [3.63, 3.8) is 0 Å². The number of hydrogen-bond acceptors (Lipinski definition) is 3. The van der Waals surface area contributed by atoms with Gasteiger partial charge in [-0.25, -0.2) is 14.6 Å². The summed E-state index contributed by atoms with van der Waals surface area (Å²) in [7, 11) is 1.72. The number of fused-ring (bicyclic) bond motifs is 1. The number of carbonyl (C=O) groups is 1. The Kier molecular flexibility index (Phi) is 2.28. The molecule has 2 aromatic heterocycles. The SMILES string of the molecule is Cn1cnc(C(=O)O)c1-c1ccc2[nH]c(=O)[nH]c2c1. The van der Waals surface area contributed by atoms with Crippen molar-refractivity contribution in [2.45, 2.75) is 0 Å². The van der Waals surface area contributed by atoms with E-state index in [0.29, 0.717) is 22.3 Å². The molecular weight excluding hydrogens is 248 g/mol. The van der Waals surface area contributed by atoms with Gasteiger partial charge >= 0.3 is 11.7 Å². The lowest BCUT2D eigenvalue weighted by atomic mass is 10.1. The van der Waals surface area contributed by atoms with Crippen LogP contribution in [0.4, 0.5) is 0 Å². The van der Waals surface area contributed by atoms with Gasteiger partial charge < -0.3 is 19.6 Å². The van der Waals surface area contributed by atoms with E-state index in [1.54, 1.807) is 29.8 Å². The molecule has 96 valence electrons. The quantitative estimate of drug-likeness (QED) is 0.636. The predicted molar refractivity (Wildman–Crippen MR) is 68.1 cm³/mol. The molecule has 2 heterocycles. The third-order valence-corrected chi connectivity index (χ3v) is 2.93. The molecule has 7 heteroatoms. The normalized spacial score (nSPS) is 11.0. The van der Waals surface area contributed by atoms with Crippen LogP contribution >= 0.6 is 0 Å². The highest BCUT2D eigenvalue weighted by atomic mass is 16.4. The highest BCUT2D eigenvalue weighted by Gasteiger charge is 2.17. The number of aromatic carboxylic acids is 1. The fourth-order valence-corrected chi connectivity index (χ4v) is 2.11. The van der Waals surface area contributed by atoms with Crippen LogP contribution in [0.3, 0.4) is 0 Å². The minimum atomic E-state index is -1.08. The van der Waals surface area contributed by atoms with Gasteiger partial charge in [-0.05, 0) is 12.1 Å². The lowest BCUT2D eigenvalue weighted by Gasteiger charge is -2.04. The number of carboxylic acids is 1. The minimum absolute atomic E-state index is 0.0141. The van der Waals surface area contributed by atoms with Crippen LogP contribution in [0.2, 0.25) is 0 Å². The lowest BCUT2D eigenvalue weighted by molar-refractivity contribution is 0.0692. The summed E-state index contributed by atoms with van der Waals surface area (Å²) in [5.41, 5.74) is 2.17. The first-order valence-electron chi connectivity index (χ1n) is 5.53. The Morgan fingerprint density at radius 1 is 1.32 bits per heavy atom. The van der Waals surface area contributed by atoms with Crippen LogP contribution in [0.25, 0.3) is 22.3 Å². The molecule has 1 aromatic carbocycles. The van der Waals surface area contributed by atoms with E-state index in [4.69, 9.17) is 5.11 Å². The first-order chi connectivity index (χ1) is 9.06. The van der Waals surface area contributed by atoms with Crippen LogP contribution in [-0.2, 0) is 7.05 Å². The molecule has 0 aliphatic carbocycles. The molecule has 3 rings (SSSR count). The van der Waals surface area contributed by atoms with Crippen LogP contribution in [-0.4, -0.2) is 30.6 Å². The standard InChI is InChI=1S/C12H10N4O3/c1-16-5-13-9(11(17)18)10(16)6-2-3-7-8(4-6)15-12(19)14-7/h2-5H,1H3,(H,17,18)(H2,14,15,19). The third-order valence-electron chi connectivity index (χ3n) is 2.93. The zero-order chi connectivity index (χ0) is 13.6. The Hall–Kier alpha value is -2.83. The summed E-state index contributed by atoms with van der Waals surface area (Å²) in [6.45, 7) is 0. The van der Waals surface area contributed by atoms with Crippen LogP contribution < -0.4 is 5.69 Å². The van der Waals surface area contributed by atoms with Crippen molar-refractivity contribution in [2.24, 2.45) is 7.05 Å². The van der Waals surface area contributed by atoms with Gasteiger partial charge in [0.15, 0.2) is 5.69 Å². The van der Waals surface area contributed by atoms with Crippen molar-refractivity contribution in [1.29, 1.82) is 0 Å². The summed E-state index contributed by atoms with van der Waals surface area (Å²) >= 11 is 0. The molecule has 0 aliphatic rings. The molecule has 3 aromatic rings. The number of aryl methyl sites for hydroxylation is 1. The van der Waals surface area contributed by atoms with Crippen LogP contribution in [0.5, 0.6) is 0 Å². The highest BCUT2D eigenvalue weighted by Crippen LogP contribution is 2.24. The van der Waals surface area contributed by atoms with Gasteiger partial charge in [0.25, 0.3) is 0 Å². The molecule has 7 nitrogen and oxygen atoms in total. The monoisotopic (exact) mass is 258 g/mol. The first kappa shape index (κ1) is 11.3. The van der Waals surface area contributed by atoms with Gasteiger partial charge in [-0.1, -0.05) is 6.07 Å². The maximum absolute atomic E-state index is 11.2. The lowest BCUT2D eigenvalue weighted by Crippen LogP contribution is -2.01. The van der Waals surface area contributed by atoms with E-state index in [1.807, 2.05) is 0 Å². The summed E-state index contributed by atoms with van der Waals surface area (Å²) in [6, 6.07) is 5.19. The smallest absolute Gasteiger partial charge is 0.356 e. The van der Waals surface area contributed by atoms with Gasteiger partial charge in [-0.3, -0.25) is 0 Å². The number of aromatic amines is 2. The molecule has 0 radical (unpaired) electrons. The van der Waals surface area contributed by atoms with Crippen LogP contribution in [0, 0.1) is 0 Å². The van der Waals surface area contributed by atoms with Crippen molar-refractivity contribution < 1.29 is 9.90 Å². The van der Waals surface area contributed by atoms with Crippen LogP contribution in [0.1, 0.15) is 10.5 Å². The van der Waals surface area contributed by atoms with Crippen molar-refractivity contribution in [1.82, 2.24) is 19.5 Å². The molecular formula is C12H10N4O3. The van der Waals surface area contributed by atoms with Gasteiger partial charge in [0.1, 0.15) is 0 Å². The van der Waals surface area contributed by atoms with Crippen molar-refractivity contribution in [3.8, 4) is 11.3 Å². The Bertz CT molecular complexity index is 840. The van der Waals surface area contributed by atoms with Gasteiger partial charge in [0.2, 0.25) is 0 Å². The largest absolute Gasteiger partial charge is 0.476 e. The van der Waals surface area contributed by atoms with Crippen molar-refractivity contribution in [2.75, 3.05) is 0 Å². The number of H-pyrrole nitrogens is 2. The molecule has 0 unspecified atom stereocenters. The van der Waals surface area contributed by atoms with Gasteiger partial charge in [0.05, 0.1) is 23.1 Å². The molecule has 0 atom stereocenters. The van der Waals surface area contributed by atoms with E-state index in [-0.39, 0.29) is 11.4 Å². The van der Waals surface area contributed by atoms with Gasteiger partial charge in [0, 0.05) is 12.6 Å². The van der Waals surface area contributed by atoms with E-state index in [0.717, 1.165) is 0 Å². The molecule has 0 spiro atoms. The Morgan fingerprint density at radius 2 is 2.05 bits per heavy atom. The average Bonchev–Trinajstić information content (AvgIpc) is 2.89. The second kappa shape index (κ2) is 3.84. The summed E-state index contributed by atoms with van der Waals surface area (Å²) in [6.07, 6.45) is 1.45. The summed E-state index contributed by atoms with van der Waals surface area (Å²) in [5, 5.41) is 9.12. The van der Waals surface area contributed by atoms with E-state index in [1.165, 1.54) is 6.33 Å². The Balaban J connectivity index is 2.26. The maximum Gasteiger partial charge on any atom is 0.356 e. The molecule has 19 heavy (non-hydrogen) atoms. The highest BCUT2D eigenvalue weighted by molar-refractivity contribution is 5.94. The molecule has 0 saturated carbocycles. The number of carboxylic acid groups (broad SMARTS) is 1. The van der Waals surface area contributed by atoms with Gasteiger partial charge in [-0.2, -0.15) is 0 Å². The topological polar surface area (TPSA) is 104 Å². The fraction of sp³-hybridized carbons (Fsp3) is 0.0833.